The predicted octanol–water partition coefficient (Wildman–Crippen LogP) is 2.24. The topological polar surface area (TPSA) is 88.7 Å². The van der Waals surface area contributed by atoms with Gasteiger partial charge >= 0.3 is 11.9 Å². The summed E-state index contributed by atoms with van der Waals surface area (Å²) in [6.45, 7) is 0. The molecule has 3 rings (SSSR count). The lowest BCUT2D eigenvalue weighted by Gasteiger charge is -2.08. The molecule has 116 valence electrons. The van der Waals surface area contributed by atoms with Crippen molar-refractivity contribution in [3.63, 3.8) is 0 Å². The molecular weight excluding hydrogens is 318 g/mol. The summed E-state index contributed by atoms with van der Waals surface area (Å²) in [5.74, 6) is -1.57. The molecule has 8 heteroatoms. The van der Waals surface area contributed by atoms with E-state index in [0.29, 0.717) is 16.5 Å². The number of thiocarbonyl (C=S) groups is 1. The number of carbonyl (C=O) groups excluding carboxylic acids is 2. The summed E-state index contributed by atoms with van der Waals surface area (Å²) in [7, 11) is 0. The zero-order valence-electron chi connectivity index (χ0n) is 11.7. The third-order valence-electron chi connectivity index (χ3n) is 3.01. The van der Waals surface area contributed by atoms with Crippen LogP contribution >= 0.6 is 12.2 Å². The van der Waals surface area contributed by atoms with Crippen LogP contribution < -0.4 is 16.2 Å². The number of hydrogen-bond donors (Lipinski definition) is 3. The Morgan fingerprint density at radius 2 is 1.65 bits per heavy atom. The maximum atomic E-state index is 12.1. The molecule has 1 aliphatic rings. The van der Waals surface area contributed by atoms with Gasteiger partial charge in [-0.2, -0.15) is 0 Å². The average Bonchev–Trinajstić information content (AvgIpc) is 2.72. The third kappa shape index (κ3) is 3.38. The Bertz CT molecular complexity index is 780. The minimum atomic E-state index is -0.812. The molecule has 0 spiro atoms. The fourth-order valence-corrected chi connectivity index (χ4v) is 2.09. The SMILES string of the molecule is O=C(OOC(=O)c1ccc2cc1NC(=S)NN2)c1ccccc1. The number of hydrogen-bond acceptors (Lipinski definition) is 6. The molecule has 1 heterocycles. The van der Waals surface area contributed by atoms with E-state index < -0.39 is 11.9 Å². The fourth-order valence-electron chi connectivity index (χ4n) is 1.93. The van der Waals surface area contributed by atoms with Crippen LogP contribution in [0.5, 0.6) is 0 Å². The molecule has 0 amide bonds. The standard InChI is InChI=1S/C15H11N3O4S/c19-13(9-4-2-1-3-5-9)21-22-14(20)11-7-6-10-8-12(11)16-15(23)18-17-10/h1-8,17H,(H2,16,18,23). The van der Waals surface area contributed by atoms with Gasteiger partial charge in [-0.1, -0.05) is 18.2 Å². The van der Waals surface area contributed by atoms with Gasteiger partial charge in [0.1, 0.15) is 0 Å². The van der Waals surface area contributed by atoms with Crippen molar-refractivity contribution < 1.29 is 19.4 Å². The number of fused-ring (bicyclic) bond motifs is 2. The first kappa shape index (κ1) is 14.8. The summed E-state index contributed by atoms with van der Waals surface area (Å²) in [4.78, 5) is 33.0. The van der Waals surface area contributed by atoms with E-state index in [4.69, 9.17) is 12.2 Å². The van der Waals surface area contributed by atoms with Crippen molar-refractivity contribution in [1.29, 1.82) is 0 Å². The van der Waals surface area contributed by atoms with Gasteiger partial charge in [-0.3, -0.25) is 10.9 Å². The number of anilines is 2. The van der Waals surface area contributed by atoms with E-state index in [1.807, 2.05) is 0 Å². The lowest BCUT2D eigenvalue weighted by molar-refractivity contribution is -0.187. The van der Waals surface area contributed by atoms with Crippen molar-refractivity contribution in [2.75, 3.05) is 10.7 Å². The van der Waals surface area contributed by atoms with Gasteiger partial charge in [0.05, 0.1) is 22.5 Å². The van der Waals surface area contributed by atoms with Crippen LogP contribution in [0.25, 0.3) is 0 Å². The molecule has 0 unspecified atom stereocenters. The molecule has 0 aromatic heterocycles. The van der Waals surface area contributed by atoms with Gasteiger partial charge in [-0.25, -0.2) is 19.4 Å². The molecule has 0 radical (unpaired) electrons. The molecule has 2 bridgehead atoms. The first-order valence-electron chi connectivity index (χ1n) is 6.59. The number of nitrogens with one attached hydrogen (secondary N) is 3. The van der Waals surface area contributed by atoms with E-state index >= 15 is 0 Å². The predicted molar refractivity (Wildman–Crippen MR) is 86.7 cm³/mol. The minimum Gasteiger partial charge on any atom is -0.331 e. The monoisotopic (exact) mass is 329 g/mol. The first-order valence-corrected chi connectivity index (χ1v) is 6.99. The molecule has 0 saturated carbocycles. The fraction of sp³-hybridized carbons (Fsp3) is 0. The zero-order chi connectivity index (χ0) is 16.2. The summed E-state index contributed by atoms with van der Waals surface area (Å²) in [5, 5.41) is 3.12. The van der Waals surface area contributed by atoms with Gasteiger partial charge in [0.2, 0.25) is 0 Å². The second kappa shape index (κ2) is 6.32. The average molecular weight is 329 g/mol. The summed E-state index contributed by atoms with van der Waals surface area (Å²) < 4.78 is 0. The maximum Gasteiger partial charge on any atom is 0.388 e. The highest BCUT2D eigenvalue weighted by Gasteiger charge is 2.19. The van der Waals surface area contributed by atoms with Gasteiger partial charge in [-0.15, -0.1) is 0 Å². The van der Waals surface area contributed by atoms with Crippen molar-refractivity contribution in [2.24, 2.45) is 0 Å². The molecule has 3 N–H and O–H groups in total. The Hall–Kier alpha value is -3.13. The van der Waals surface area contributed by atoms with Crippen LogP contribution in [0.1, 0.15) is 20.7 Å². The van der Waals surface area contributed by atoms with E-state index in [1.165, 1.54) is 6.07 Å². The number of benzene rings is 2. The van der Waals surface area contributed by atoms with Crippen molar-refractivity contribution in [1.82, 2.24) is 5.43 Å². The smallest absolute Gasteiger partial charge is 0.331 e. The summed E-state index contributed by atoms with van der Waals surface area (Å²) in [6, 6.07) is 13.1. The Balaban J connectivity index is 1.70. The molecule has 2 aromatic rings. The third-order valence-corrected chi connectivity index (χ3v) is 3.21. The highest BCUT2D eigenvalue weighted by atomic mass is 32.1. The molecule has 0 aliphatic carbocycles. The van der Waals surface area contributed by atoms with Gasteiger partial charge in [0.25, 0.3) is 0 Å². The largest absolute Gasteiger partial charge is 0.388 e. The first-order chi connectivity index (χ1) is 11.1. The Morgan fingerprint density at radius 1 is 0.913 bits per heavy atom. The normalized spacial score (nSPS) is 12.1. The van der Waals surface area contributed by atoms with Crippen LogP contribution in [0.3, 0.4) is 0 Å². The van der Waals surface area contributed by atoms with Crippen LogP contribution in [-0.2, 0) is 9.78 Å². The summed E-state index contributed by atoms with van der Waals surface area (Å²) in [6.07, 6.45) is 0. The lowest BCUT2D eigenvalue weighted by atomic mass is 10.1. The van der Waals surface area contributed by atoms with E-state index in [9.17, 15) is 9.59 Å². The molecule has 0 atom stereocenters. The Morgan fingerprint density at radius 3 is 2.43 bits per heavy atom. The Kier molecular flexibility index (Phi) is 4.07. The molecule has 1 aliphatic heterocycles. The maximum absolute atomic E-state index is 12.1. The molecule has 0 fully saturated rings. The van der Waals surface area contributed by atoms with Crippen LogP contribution in [-0.4, -0.2) is 17.1 Å². The molecule has 7 nitrogen and oxygen atoms in total. The van der Waals surface area contributed by atoms with Crippen molar-refractivity contribution in [3.8, 4) is 0 Å². The van der Waals surface area contributed by atoms with Gasteiger partial charge in [0.15, 0.2) is 5.11 Å². The van der Waals surface area contributed by atoms with E-state index in [0.717, 1.165) is 0 Å². The minimum absolute atomic E-state index is 0.183. The van der Waals surface area contributed by atoms with Gasteiger partial charge in [0, 0.05) is 0 Å². The van der Waals surface area contributed by atoms with Gasteiger partial charge in [-0.05, 0) is 42.5 Å². The van der Waals surface area contributed by atoms with E-state index in [-0.39, 0.29) is 11.1 Å². The molecular formula is C15H11N3O4S. The second-order valence-electron chi connectivity index (χ2n) is 4.57. The highest BCUT2D eigenvalue weighted by Crippen LogP contribution is 2.23. The Labute approximate surface area is 136 Å². The van der Waals surface area contributed by atoms with E-state index in [1.54, 1.807) is 42.5 Å². The van der Waals surface area contributed by atoms with Crippen LogP contribution in [0.2, 0.25) is 0 Å². The van der Waals surface area contributed by atoms with Gasteiger partial charge < -0.3 is 5.32 Å². The zero-order valence-corrected chi connectivity index (χ0v) is 12.5. The summed E-state index contributed by atoms with van der Waals surface area (Å²) >= 11 is 5.01. The number of hydrazine groups is 1. The van der Waals surface area contributed by atoms with Crippen LogP contribution in [0.15, 0.2) is 48.5 Å². The van der Waals surface area contributed by atoms with Crippen LogP contribution in [0.4, 0.5) is 11.4 Å². The molecule has 2 aromatic carbocycles. The van der Waals surface area contributed by atoms with Crippen molar-refractivity contribution in [2.45, 2.75) is 0 Å². The van der Waals surface area contributed by atoms with Crippen molar-refractivity contribution >= 4 is 40.6 Å². The number of carbonyl (C=O) groups is 2. The molecule has 23 heavy (non-hydrogen) atoms. The second-order valence-corrected chi connectivity index (χ2v) is 4.98. The molecule has 0 saturated heterocycles. The lowest BCUT2D eigenvalue weighted by Crippen LogP contribution is -2.31. The van der Waals surface area contributed by atoms with E-state index in [2.05, 4.69) is 25.9 Å². The van der Waals surface area contributed by atoms with Crippen LogP contribution in [0, 0.1) is 0 Å². The van der Waals surface area contributed by atoms with Crippen molar-refractivity contribution in [3.05, 3.63) is 59.7 Å². The highest BCUT2D eigenvalue weighted by molar-refractivity contribution is 7.80. The number of rotatable bonds is 2. The quantitative estimate of drug-likeness (QED) is 0.439. The summed E-state index contributed by atoms with van der Waals surface area (Å²) in [5.41, 5.74) is 7.18.